The van der Waals surface area contributed by atoms with Gasteiger partial charge in [-0.2, -0.15) is 0 Å². The van der Waals surface area contributed by atoms with Crippen molar-refractivity contribution in [1.82, 2.24) is 0 Å². The summed E-state index contributed by atoms with van der Waals surface area (Å²) in [7, 11) is 1.63. The van der Waals surface area contributed by atoms with Gasteiger partial charge in [-0.1, -0.05) is 12.1 Å². The Balaban J connectivity index is 2.46. The molecule has 13 heavy (non-hydrogen) atoms. The van der Waals surface area contributed by atoms with Crippen molar-refractivity contribution in [3.05, 3.63) is 23.8 Å². The molecule has 1 aliphatic heterocycles. The van der Waals surface area contributed by atoms with Crippen LogP contribution in [0.1, 0.15) is 5.56 Å². The third-order valence-electron chi connectivity index (χ3n) is 1.92. The molecule has 1 aromatic carbocycles. The molecule has 0 aromatic heterocycles. The molecule has 0 radical (unpaired) electrons. The summed E-state index contributed by atoms with van der Waals surface area (Å²) in [6, 6.07) is 5.80. The highest BCUT2D eigenvalue weighted by molar-refractivity contribution is 7.80. The number of anilines is 1. The van der Waals surface area contributed by atoms with Crippen LogP contribution in [-0.4, -0.2) is 12.3 Å². The van der Waals surface area contributed by atoms with Crippen LogP contribution < -0.4 is 10.1 Å². The van der Waals surface area contributed by atoms with Crippen LogP contribution in [0.2, 0.25) is 0 Å². The zero-order valence-corrected chi connectivity index (χ0v) is 7.98. The highest BCUT2D eigenvalue weighted by Crippen LogP contribution is 2.31. The van der Waals surface area contributed by atoms with Gasteiger partial charge >= 0.3 is 0 Å². The number of hydrogen-bond acceptors (Lipinski definition) is 3. The summed E-state index contributed by atoms with van der Waals surface area (Å²) < 4.78 is 10.4. The van der Waals surface area contributed by atoms with Crippen LogP contribution in [-0.2, 0) is 11.3 Å². The summed E-state index contributed by atoms with van der Waals surface area (Å²) in [6.07, 6.45) is 0. The molecule has 1 aromatic rings. The quantitative estimate of drug-likeness (QED) is 0.693. The predicted molar refractivity (Wildman–Crippen MR) is 54.0 cm³/mol. The number of fused-ring (bicyclic) bond motifs is 1. The molecule has 0 spiro atoms. The zero-order chi connectivity index (χ0) is 9.26. The van der Waals surface area contributed by atoms with Gasteiger partial charge in [-0.15, -0.1) is 0 Å². The minimum absolute atomic E-state index is 0.400. The molecule has 0 bridgehead atoms. The summed E-state index contributed by atoms with van der Waals surface area (Å²) in [4.78, 5) is 0. The molecule has 2 rings (SSSR count). The summed E-state index contributed by atoms with van der Waals surface area (Å²) in [6.45, 7) is 0.512. The van der Waals surface area contributed by atoms with E-state index in [-0.39, 0.29) is 0 Å². The molecule has 0 atom stereocenters. The molecule has 3 nitrogen and oxygen atoms in total. The predicted octanol–water partition coefficient (Wildman–Crippen LogP) is 1.92. The van der Waals surface area contributed by atoms with E-state index in [1.807, 2.05) is 18.2 Å². The number of thiocarbonyl (C=S) groups is 1. The Morgan fingerprint density at radius 1 is 1.54 bits per heavy atom. The average molecular weight is 195 g/mol. The Morgan fingerprint density at radius 3 is 3.15 bits per heavy atom. The Hall–Kier alpha value is -1.29. The van der Waals surface area contributed by atoms with Crippen LogP contribution in [0, 0.1) is 0 Å². The molecule has 0 amide bonds. The first-order valence-electron chi connectivity index (χ1n) is 3.91. The van der Waals surface area contributed by atoms with Gasteiger partial charge in [0.05, 0.1) is 12.8 Å². The third kappa shape index (κ3) is 1.45. The highest BCUT2D eigenvalue weighted by Gasteiger charge is 2.16. The second-order valence-corrected chi connectivity index (χ2v) is 3.07. The van der Waals surface area contributed by atoms with E-state index < -0.39 is 0 Å². The Bertz CT molecular complexity index is 337. The molecule has 4 heteroatoms. The van der Waals surface area contributed by atoms with Gasteiger partial charge in [-0.3, -0.25) is 0 Å². The van der Waals surface area contributed by atoms with Crippen molar-refractivity contribution in [2.24, 2.45) is 0 Å². The molecule has 0 fully saturated rings. The monoisotopic (exact) mass is 195 g/mol. The molecule has 1 N–H and O–H groups in total. The van der Waals surface area contributed by atoms with Gasteiger partial charge < -0.3 is 14.8 Å². The van der Waals surface area contributed by atoms with E-state index in [2.05, 4.69) is 5.32 Å². The Kier molecular flexibility index (Phi) is 2.06. The minimum atomic E-state index is 0.400. The highest BCUT2D eigenvalue weighted by atomic mass is 32.1. The topological polar surface area (TPSA) is 30.5 Å². The maximum atomic E-state index is 5.18. The lowest BCUT2D eigenvalue weighted by molar-refractivity contribution is 0.293. The normalized spacial score (nSPS) is 14.1. The number of ether oxygens (including phenoxy) is 2. The van der Waals surface area contributed by atoms with Crippen LogP contribution in [0.3, 0.4) is 0 Å². The van der Waals surface area contributed by atoms with Gasteiger partial charge in [0.1, 0.15) is 12.4 Å². The van der Waals surface area contributed by atoms with Crippen molar-refractivity contribution in [3.63, 3.8) is 0 Å². The molecule has 1 heterocycles. The lowest BCUT2D eigenvalue weighted by Crippen LogP contribution is -2.20. The summed E-state index contributed by atoms with van der Waals surface area (Å²) in [5, 5.41) is 3.36. The van der Waals surface area contributed by atoms with Gasteiger partial charge in [0.15, 0.2) is 0 Å². The maximum absolute atomic E-state index is 5.18. The van der Waals surface area contributed by atoms with Crippen LogP contribution in [0.4, 0.5) is 5.69 Å². The fourth-order valence-corrected chi connectivity index (χ4v) is 1.45. The Morgan fingerprint density at radius 2 is 2.38 bits per heavy atom. The van der Waals surface area contributed by atoms with Crippen LogP contribution in [0.25, 0.3) is 0 Å². The summed E-state index contributed by atoms with van der Waals surface area (Å²) >= 11 is 4.90. The molecule has 1 aliphatic rings. The van der Waals surface area contributed by atoms with Gasteiger partial charge in [0, 0.05) is 5.56 Å². The number of benzene rings is 1. The maximum Gasteiger partial charge on any atom is 0.261 e. The van der Waals surface area contributed by atoms with Gasteiger partial charge in [-0.05, 0) is 18.3 Å². The van der Waals surface area contributed by atoms with E-state index in [1.165, 1.54) is 0 Å². The zero-order valence-electron chi connectivity index (χ0n) is 7.16. The van der Waals surface area contributed by atoms with Gasteiger partial charge in [0.2, 0.25) is 0 Å². The van der Waals surface area contributed by atoms with E-state index in [0.717, 1.165) is 17.0 Å². The lowest BCUT2D eigenvalue weighted by Gasteiger charge is -2.21. The van der Waals surface area contributed by atoms with Crippen LogP contribution in [0.5, 0.6) is 5.75 Å². The fraction of sp³-hybridized carbons (Fsp3) is 0.222. The molecule has 0 aliphatic carbocycles. The van der Waals surface area contributed by atoms with Gasteiger partial charge in [-0.25, -0.2) is 0 Å². The first-order chi connectivity index (χ1) is 6.31. The summed E-state index contributed by atoms with van der Waals surface area (Å²) in [5.41, 5.74) is 1.98. The second-order valence-electron chi connectivity index (χ2n) is 2.70. The first-order valence-corrected chi connectivity index (χ1v) is 4.32. The molecule has 68 valence electrons. The molecular formula is C9H9NO2S. The number of rotatable bonds is 1. The van der Waals surface area contributed by atoms with E-state index in [9.17, 15) is 0 Å². The average Bonchev–Trinajstić information content (AvgIpc) is 2.17. The summed E-state index contributed by atoms with van der Waals surface area (Å²) in [5.74, 6) is 0.795. The van der Waals surface area contributed by atoms with E-state index in [0.29, 0.717) is 11.8 Å². The second kappa shape index (κ2) is 3.22. The van der Waals surface area contributed by atoms with E-state index in [4.69, 9.17) is 21.7 Å². The van der Waals surface area contributed by atoms with Crippen LogP contribution in [0.15, 0.2) is 18.2 Å². The van der Waals surface area contributed by atoms with Crippen LogP contribution >= 0.6 is 12.2 Å². The molecular weight excluding hydrogens is 186 g/mol. The molecule has 0 saturated carbocycles. The van der Waals surface area contributed by atoms with Gasteiger partial charge in [0.25, 0.3) is 5.17 Å². The largest absolute Gasteiger partial charge is 0.495 e. The first kappa shape index (κ1) is 8.31. The minimum Gasteiger partial charge on any atom is -0.495 e. The number of methoxy groups -OCH3 is 1. The van der Waals surface area contributed by atoms with E-state index >= 15 is 0 Å². The lowest BCUT2D eigenvalue weighted by atomic mass is 10.1. The number of hydrogen-bond donors (Lipinski definition) is 1. The van der Waals surface area contributed by atoms with Crippen molar-refractivity contribution < 1.29 is 9.47 Å². The fourth-order valence-electron chi connectivity index (χ4n) is 1.29. The van der Waals surface area contributed by atoms with Crippen molar-refractivity contribution >= 4 is 23.1 Å². The SMILES string of the molecule is COc1cccc2c1NC(=S)OC2. The van der Waals surface area contributed by atoms with Crippen molar-refractivity contribution in [3.8, 4) is 5.75 Å². The standard InChI is InChI=1S/C9H9NO2S/c1-11-7-4-2-3-6-5-12-9(13)10-8(6)7/h2-4H,5H2,1H3,(H,10,13). The number of para-hydroxylation sites is 1. The molecule has 0 saturated heterocycles. The van der Waals surface area contributed by atoms with Crippen molar-refractivity contribution in [2.45, 2.75) is 6.61 Å². The van der Waals surface area contributed by atoms with Crippen molar-refractivity contribution in [1.29, 1.82) is 0 Å². The third-order valence-corrected chi connectivity index (χ3v) is 2.14. The smallest absolute Gasteiger partial charge is 0.261 e. The molecule has 0 unspecified atom stereocenters. The van der Waals surface area contributed by atoms with Crippen molar-refractivity contribution in [2.75, 3.05) is 12.4 Å². The number of nitrogens with one attached hydrogen (secondary N) is 1. The Labute approximate surface area is 81.7 Å². The van der Waals surface area contributed by atoms with E-state index in [1.54, 1.807) is 7.11 Å².